The Hall–Kier alpha value is -1.94. The second kappa shape index (κ2) is 8.20. The first-order chi connectivity index (χ1) is 13.2. The van der Waals surface area contributed by atoms with E-state index in [1.165, 1.54) is 16.4 Å². The van der Waals surface area contributed by atoms with Crippen LogP contribution in [0.25, 0.3) is 0 Å². The predicted molar refractivity (Wildman–Crippen MR) is 108 cm³/mol. The Labute approximate surface area is 170 Å². The number of nitrogens with zero attached hydrogens (tertiary/aromatic N) is 4. The zero-order valence-corrected chi connectivity index (χ0v) is 17.7. The van der Waals surface area contributed by atoms with Crippen molar-refractivity contribution < 1.29 is 13.2 Å². The summed E-state index contributed by atoms with van der Waals surface area (Å²) in [6, 6.07) is 6.22. The number of carbonyl (C=O) groups excluding carboxylic acids is 1. The second-order valence-corrected chi connectivity index (χ2v) is 9.24. The van der Waals surface area contributed by atoms with Crippen LogP contribution in [-0.2, 0) is 21.4 Å². The maximum Gasteiger partial charge on any atom is 0.246 e. The van der Waals surface area contributed by atoms with E-state index < -0.39 is 10.0 Å². The predicted octanol–water partition coefficient (Wildman–Crippen LogP) is 1.73. The van der Waals surface area contributed by atoms with Crippen molar-refractivity contribution in [3.8, 4) is 0 Å². The molecule has 3 rings (SSSR count). The summed E-state index contributed by atoms with van der Waals surface area (Å²) in [7, 11) is -1.55. The molecule has 1 aliphatic rings. The van der Waals surface area contributed by atoms with Crippen molar-refractivity contribution in [1.82, 2.24) is 19.0 Å². The average molecular weight is 426 g/mol. The summed E-state index contributed by atoms with van der Waals surface area (Å²) >= 11 is 6.10. The lowest BCUT2D eigenvalue weighted by atomic mass is 10.3. The van der Waals surface area contributed by atoms with Crippen molar-refractivity contribution in [2.24, 2.45) is 0 Å². The molecule has 152 valence electrons. The molecule has 1 saturated heterocycles. The highest BCUT2D eigenvalue weighted by atomic mass is 35.5. The molecule has 0 saturated carbocycles. The molecule has 8 nitrogen and oxygen atoms in total. The number of halogens is 1. The number of piperazine rings is 1. The smallest absolute Gasteiger partial charge is 0.246 e. The Morgan fingerprint density at radius 1 is 1.14 bits per heavy atom. The minimum absolute atomic E-state index is 0.0285. The third-order valence-electron chi connectivity index (χ3n) is 4.82. The van der Waals surface area contributed by atoms with E-state index in [0.29, 0.717) is 42.6 Å². The van der Waals surface area contributed by atoms with Crippen LogP contribution in [0, 0.1) is 13.8 Å². The Morgan fingerprint density at radius 3 is 2.29 bits per heavy atom. The summed E-state index contributed by atoms with van der Waals surface area (Å²) in [6.07, 6.45) is 0. The first kappa shape index (κ1) is 20.8. The van der Waals surface area contributed by atoms with Gasteiger partial charge in [0, 0.05) is 31.9 Å². The van der Waals surface area contributed by atoms with Gasteiger partial charge in [-0.3, -0.25) is 9.48 Å². The maximum atomic E-state index is 12.7. The maximum absolute atomic E-state index is 12.7. The number of aryl methyl sites for hydroxylation is 1. The average Bonchev–Trinajstić information content (AvgIpc) is 2.89. The Kier molecular flexibility index (Phi) is 6.09. The Morgan fingerprint density at radius 2 is 1.75 bits per heavy atom. The highest BCUT2D eigenvalue weighted by molar-refractivity contribution is 7.89. The molecule has 0 aliphatic carbocycles. The fourth-order valence-electron chi connectivity index (χ4n) is 3.05. The van der Waals surface area contributed by atoms with Gasteiger partial charge in [0.1, 0.15) is 6.54 Å². The molecular formula is C18H24ClN5O3S. The van der Waals surface area contributed by atoms with Gasteiger partial charge in [0.05, 0.1) is 21.3 Å². The van der Waals surface area contributed by atoms with E-state index in [2.05, 4.69) is 15.3 Å². The molecule has 1 aromatic heterocycles. The fraction of sp³-hybridized carbons (Fsp3) is 0.444. The van der Waals surface area contributed by atoms with E-state index in [0.717, 1.165) is 5.69 Å². The van der Waals surface area contributed by atoms with Gasteiger partial charge >= 0.3 is 0 Å². The number of anilines is 1. The molecule has 1 amide bonds. The molecule has 0 unspecified atom stereocenters. The standard InChI is InChI=1S/C18H24ClN5O3S/c1-13-18(19)14(2)24(21-13)12-17(25)20-15-4-6-16(7-5-15)28(26,27)23-10-8-22(3)9-11-23/h4-7H,8-12H2,1-3H3,(H,20,25). The number of aromatic nitrogens is 2. The van der Waals surface area contributed by atoms with Crippen LogP contribution in [0.5, 0.6) is 0 Å². The van der Waals surface area contributed by atoms with Crippen LogP contribution in [0.3, 0.4) is 0 Å². The molecule has 1 aromatic carbocycles. The minimum atomic E-state index is -3.52. The Balaban J connectivity index is 1.65. The van der Waals surface area contributed by atoms with Crippen LogP contribution in [0.2, 0.25) is 5.02 Å². The van der Waals surface area contributed by atoms with E-state index in [1.54, 1.807) is 30.7 Å². The van der Waals surface area contributed by atoms with Crippen molar-refractivity contribution >= 4 is 33.2 Å². The van der Waals surface area contributed by atoms with Gasteiger partial charge < -0.3 is 10.2 Å². The van der Waals surface area contributed by atoms with Crippen molar-refractivity contribution in [2.45, 2.75) is 25.3 Å². The van der Waals surface area contributed by atoms with Crippen molar-refractivity contribution in [3.63, 3.8) is 0 Å². The highest BCUT2D eigenvalue weighted by Gasteiger charge is 2.27. The zero-order valence-electron chi connectivity index (χ0n) is 16.1. The number of rotatable bonds is 5. The third kappa shape index (κ3) is 4.38. The first-order valence-corrected chi connectivity index (χ1v) is 10.8. The van der Waals surface area contributed by atoms with Crippen LogP contribution in [0.1, 0.15) is 11.4 Å². The molecule has 0 bridgehead atoms. The number of benzene rings is 1. The number of likely N-dealkylation sites (N-methyl/N-ethyl adjacent to an activating group) is 1. The van der Waals surface area contributed by atoms with Crippen LogP contribution >= 0.6 is 11.6 Å². The highest BCUT2D eigenvalue weighted by Crippen LogP contribution is 2.21. The van der Waals surface area contributed by atoms with Crippen LogP contribution in [-0.4, -0.2) is 66.5 Å². The van der Waals surface area contributed by atoms with Gasteiger partial charge in [0.2, 0.25) is 15.9 Å². The molecule has 28 heavy (non-hydrogen) atoms. The molecule has 1 fully saturated rings. The van der Waals surface area contributed by atoms with Crippen molar-refractivity contribution in [1.29, 1.82) is 0 Å². The van der Waals surface area contributed by atoms with Gasteiger partial charge in [-0.05, 0) is 45.2 Å². The zero-order chi connectivity index (χ0) is 20.5. The van der Waals surface area contributed by atoms with Gasteiger partial charge in [0.15, 0.2) is 0 Å². The van der Waals surface area contributed by atoms with Gasteiger partial charge in [-0.2, -0.15) is 9.40 Å². The number of carbonyl (C=O) groups is 1. The molecule has 0 atom stereocenters. The van der Waals surface area contributed by atoms with E-state index >= 15 is 0 Å². The lowest BCUT2D eigenvalue weighted by Gasteiger charge is -2.31. The van der Waals surface area contributed by atoms with Gasteiger partial charge in [-0.1, -0.05) is 11.6 Å². The number of sulfonamides is 1. The summed E-state index contributed by atoms with van der Waals surface area (Å²) in [5, 5.41) is 7.53. The normalized spacial score (nSPS) is 16.3. The molecule has 0 spiro atoms. The van der Waals surface area contributed by atoms with Crippen molar-refractivity contribution in [2.75, 3.05) is 38.5 Å². The first-order valence-electron chi connectivity index (χ1n) is 8.96. The summed E-state index contributed by atoms with van der Waals surface area (Å²) in [4.78, 5) is 14.6. The van der Waals surface area contributed by atoms with Crippen LogP contribution in [0.15, 0.2) is 29.2 Å². The summed E-state index contributed by atoms with van der Waals surface area (Å²) in [6.45, 7) is 5.98. The number of nitrogens with one attached hydrogen (secondary N) is 1. The molecule has 2 heterocycles. The largest absolute Gasteiger partial charge is 0.324 e. The molecule has 1 aliphatic heterocycles. The third-order valence-corrected chi connectivity index (χ3v) is 7.28. The summed E-state index contributed by atoms with van der Waals surface area (Å²) < 4.78 is 28.5. The van der Waals surface area contributed by atoms with E-state index in [9.17, 15) is 13.2 Å². The van der Waals surface area contributed by atoms with E-state index in [4.69, 9.17) is 11.6 Å². The van der Waals surface area contributed by atoms with Crippen LogP contribution < -0.4 is 5.32 Å². The molecule has 0 radical (unpaired) electrons. The number of hydrogen-bond donors (Lipinski definition) is 1. The van der Waals surface area contributed by atoms with E-state index in [1.807, 2.05) is 7.05 Å². The van der Waals surface area contributed by atoms with Crippen molar-refractivity contribution in [3.05, 3.63) is 40.7 Å². The van der Waals surface area contributed by atoms with Crippen LogP contribution in [0.4, 0.5) is 5.69 Å². The summed E-state index contributed by atoms with van der Waals surface area (Å²) in [5.41, 5.74) is 1.92. The lowest BCUT2D eigenvalue weighted by molar-refractivity contribution is -0.116. The van der Waals surface area contributed by atoms with E-state index in [-0.39, 0.29) is 17.3 Å². The van der Waals surface area contributed by atoms with Gasteiger partial charge in [-0.25, -0.2) is 8.42 Å². The number of amides is 1. The van der Waals surface area contributed by atoms with Gasteiger partial charge in [-0.15, -0.1) is 0 Å². The molecule has 10 heteroatoms. The fourth-order valence-corrected chi connectivity index (χ4v) is 4.61. The molecule has 1 N–H and O–H groups in total. The quantitative estimate of drug-likeness (QED) is 0.788. The SMILES string of the molecule is Cc1nn(CC(=O)Nc2ccc(S(=O)(=O)N3CCN(C)CC3)cc2)c(C)c1Cl. The number of hydrogen-bond acceptors (Lipinski definition) is 5. The molecular weight excluding hydrogens is 402 g/mol. The minimum Gasteiger partial charge on any atom is -0.324 e. The second-order valence-electron chi connectivity index (χ2n) is 6.92. The monoisotopic (exact) mass is 425 g/mol. The topological polar surface area (TPSA) is 87.5 Å². The summed E-state index contributed by atoms with van der Waals surface area (Å²) in [5.74, 6) is -0.267. The van der Waals surface area contributed by atoms with Gasteiger partial charge in [0.25, 0.3) is 0 Å². The Bertz CT molecular complexity index is 964. The molecule has 2 aromatic rings. The lowest BCUT2D eigenvalue weighted by Crippen LogP contribution is -2.46.